The smallest absolute Gasteiger partial charge is 0.335 e. The average molecular weight is 297 g/mol. The lowest BCUT2D eigenvalue weighted by molar-refractivity contribution is 0.0697. The summed E-state index contributed by atoms with van der Waals surface area (Å²) in [6, 6.07) is 11.1. The van der Waals surface area contributed by atoms with E-state index >= 15 is 0 Å². The molecule has 0 fully saturated rings. The highest BCUT2D eigenvalue weighted by Crippen LogP contribution is 2.20. The van der Waals surface area contributed by atoms with E-state index in [-0.39, 0.29) is 11.4 Å². The molecule has 1 N–H and O–H groups in total. The minimum absolute atomic E-state index is 0.173. The van der Waals surface area contributed by atoms with E-state index in [2.05, 4.69) is 10.3 Å². The second-order valence-corrected chi connectivity index (χ2v) is 4.87. The summed E-state index contributed by atoms with van der Waals surface area (Å²) in [7, 11) is 0. The Balaban J connectivity index is 1.98. The molecular formula is C16H12FN3O2. The highest BCUT2D eigenvalue weighted by Gasteiger charge is 2.09. The second-order valence-electron chi connectivity index (χ2n) is 4.87. The molecule has 6 heteroatoms. The molecule has 0 spiro atoms. The molecule has 0 bridgehead atoms. The number of rotatable bonds is 3. The predicted molar refractivity (Wildman–Crippen MR) is 78.4 cm³/mol. The van der Waals surface area contributed by atoms with Gasteiger partial charge >= 0.3 is 5.97 Å². The lowest BCUT2D eigenvalue weighted by atomic mass is 10.1. The van der Waals surface area contributed by atoms with Crippen LogP contribution in [0.2, 0.25) is 0 Å². The largest absolute Gasteiger partial charge is 0.478 e. The lowest BCUT2D eigenvalue weighted by Crippen LogP contribution is -2.00. The number of benzene rings is 2. The Morgan fingerprint density at radius 1 is 1.23 bits per heavy atom. The zero-order valence-electron chi connectivity index (χ0n) is 11.7. The summed E-state index contributed by atoms with van der Waals surface area (Å²) in [6.45, 7) is 1.68. The third-order valence-corrected chi connectivity index (χ3v) is 3.30. The van der Waals surface area contributed by atoms with Crippen molar-refractivity contribution >= 4 is 5.97 Å². The van der Waals surface area contributed by atoms with Crippen molar-refractivity contribution in [2.24, 2.45) is 0 Å². The van der Waals surface area contributed by atoms with E-state index in [1.54, 1.807) is 37.4 Å². The van der Waals surface area contributed by atoms with E-state index in [0.29, 0.717) is 16.9 Å². The molecule has 0 aliphatic heterocycles. The Bertz CT molecular complexity index is 858. The van der Waals surface area contributed by atoms with Gasteiger partial charge in [-0.15, -0.1) is 5.10 Å². The van der Waals surface area contributed by atoms with Crippen LogP contribution in [0.3, 0.4) is 0 Å². The first-order chi connectivity index (χ1) is 10.5. The maximum absolute atomic E-state index is 13.3. The summed E-state index contributed by atoms with van der Waals surface area (Å²) in [5.41, 5.74) is 2.63. The van der Waals surface area contributed by atoms with Gasteiger partial charge < -0.3 is 5.11 Å². The average Bonchev–Trinajstić information content (AvgIpc) is 3.00. The van der Waals surface area contributed by atoms with Crippen molar-refractivity contribution < 1.29 is 14.3 Å². The molecule has 1 heterocycles. The molecule has 0 atom stereocenters. The molecule has 110 valence electrons. The Morgan fingerprint density at radius 3 is 2.77 bits per heavy atom. The number of carbonyl (C=O) groups is 1. The number of aromatic nitrogens is 3. The van der Waals surface area contributed by atoms with Gasteiger partial charge in [-0.05, 0) is 48.9 Å². The van der Waals surface area contributed by atoms with Crippen LogP contribution in [0.25, 0.3) is 16.9 Å². The number of hydrogen-bond donors (Lipinski definition) is 1. The number of aromatic carboxylic acids is 1. The van der Waals surface area contributed by atoms with Crippen molar-refractivity contribution in [2.75, 3.05) is 0 Å². The van der Waals surface area contributed by atoms with E-state index in [1.807, 2.05) is 0 Å². The number of carboxylic acids is 1. The fourth-order valence-electron chi connectivity index (χ4n) is 2.11. The first-order valence-electron chi connectivity index (χ1n) is 6.57. The first-order valence-corrected chi connectivity index (χ1v) is 6.57. The molecule has 0 aliphatic rings. The number of aryl methyl sites for hydroxylation is 1. The van der Waals surface area contributed by atoms with Crippen LogP contribution in [0, 0.1) is 12.7 Å². The Kier molecular flexibility index (Phi) is 3.42. The van der Waals surface area contributed by atoms with Crippen molar-refractivity contribution in [3.8, 4) is 16.9 Å². The van der Waals surface area contributed by atoms with E-state index in [1.165, 1.54) is 22.9 Å². The van der Waals surface area contributed by atoms with Gasteiger partial charge in [0.05, 0.1) is 17.4 Å². The van der Waals surface area contributed by atoms with Crippen LogP contribution in [-0.2, 0) is 0 Å². The zero-order chi connectivity index (χ0) is 15.7. The molecule has 22 heavy (non-hydrogen) atoms. The topological polar surface area (TPSA) is 68.0 Å². The summed E-state index contributed by atoms with van der Waals surface area (Å²) in [5, 5.41) is 17.1. The zero-order valence-corrected chi connectivity index (χ0v) is 11.7. The third-order valence-electron chi connectivity index (χ3n) is 3.30. The van der Waals surface area contributed by atoms with E-state index in [9.17, 15) is 9.18 Å². The Hall–Kier alpha value is -3.02. The summed E-state index contributed by atoms with van der Waals surface area (Å²) < 4.78 is 14.8. The van der Waals surface area contributed by atoms with Crippen molar-refractivity contribution in [1.29, 1.82) is 0 Å². The molecule has 0 saturated carbocycles. The first kappa shape index (κ1) is 13.9. The molecule has 5 nitrogen and oxygen atoms in total. The highest BCUT2D eigenvalue weighted by atomic mass is 19.1. The van der Waals surface area contributed by atoms with Gasteiger partial charge in [-0.3, -0.25) is 0 Å². The van der Waals surface area contributed by atoms with Gasteiger partial charge in [0.15, 0.2) is 0 Å². The second kappa shape index (κ2) is 5.40. The quantitative estimate of drug-likeness (QED) is 0.806. The normalized spacial score (nSPS) is 10.6. The van der Waals surface area contributed by atoms with Crippen molar-refractivity contribution in [1.82, 2.24) is 15.0 Å². The minimum atomic E-state index is -1.00. The third kappa shape index (κ3) is 2.58. The molecule has 0 saturated heterocycles. The van der Waals surface area contributed by atoms with Gasteiger partial charge in [0.1, 0.15) is 11.5 Å². The van der Waals surface area contributed by atoms with Crippen LogP contribution >= 0.6 is 0 Å². The van der Waals surface area contributed by atoms with Gasteiger partial charge in [-0.1, -0.05) is 11.3 Å². The number of nitrogens with zero attached hydrogens (tertiary/aromatic N) is 3. The molecule has 1 aromatic heterocycles. The van der Waals surface area contributed by atoms with Crippen LogP contribution in [0.4, 0.5) is 4.39 Å². The molecular weight excluding hydrogens is 285 g/mol. The maximum atomic E-state index is 13.3. The minimum Gasteiger partial charge on any atom is -0.478 e. The summed E-state index contributed by atoms with van der Waals surface area (Å²) in [4.78, 5) is 11.0. The Morgan fingerprint density at radius 2 is 2.05 bits per heavy atom. The molecule has 3 rings (SSSR count). The fourth-order valence-corrected chi connectivity index (χ4v) is 2.11. The standard InChI is InChI=1S/C16H12FN3O2/c1-10-7-11(5-6-14(10)17)15-9-20(19-18-15)13-4-2-3-12(8-13)16(21)22/h2-9H,1H3,(H,21,22). The molecule has 0 radical (unpaired) electrons. The SMILES string of the molecule is Cc1cc(-c2cn(-c3cccc(C(=O)O)c3)nn2)ccc1F. The maximum Gasteiger partial charge on any atom is 0.335 e. The fraction of sp³-hybridized carbons (Fsp3) is 0.0625. The summed E-state index contributed by atoms with van der Waals surface area (Å²) >= 11 is 0. The molecule has 0 amide bonds. The van der Waals surface area contributed by atoms with Gasteiger partial charge in [0, 0.05) is 5.56 Å². The number of halogens is 1. The predicted octanol–water partition coefficient (Wildman–Crippen LogP) is 3.08. The molecule has 0 aliphatic carbocycles. The summed E-state index contributed by atoms with van der Waals surface area (Å²) in [6.07, 6.45) is 1.67. The monoisotopic (exact) mass is 297 g/mol. The number of hydrogen-bond acceptors (Lipinski definition) is 3. The molecule has 3 aromatic rings. The van der Waals surface area contributed by atoms with Gasteiger partial charge in [-0.25, -0.2) is 13.9 Å². The van der Waals surface area contributed by atoms with E-state index < -0.39 is 5.97 Å². The van der Waals surface area contributed by atoms with Crippen LogP contribution in [0.1, 0.15) is 15.9 Å². The molecule has 2 aromatic carbocycles. The molecule has 0 unspecified atom stereocenters. The van der Waals surface area contributed by atoms with Crippen molar-refractivity contribution in [3.63, 3.8) is 0 Å². The number of carboxylic acid groups (broad SMARTS) is 1. The van der Waals surface area contributed by atoms with Gasteiger partial charge in [0.2, 0.25) is 0 Å². The van der Waals surface area contributed by atoms with E-state index in [0.717, 1.165) is 5.56 Å². The lowest BCUT2D eigenvalue weighted by Gasteiger charge is -2.01. The van der Waals surface area contributed by atoms with Crippen LogP contribution in [0.5, 0.6) is 0 Å². The van der Waals surface area contributed by atoms with Crippen LogP contribution in [-0.4, -0.2) is 26.1 Å². The highest BCUT2D eigenvalue weighted by molar-refractivity contribution is 5.88. The van der Waals surface area contributed by atoms with Gasteiger partial charge in [0.25, 0.3) is 0 Å². The van der Waals surface area contributed by atoms with Crippen molar-refractivity contribution in [3.05, 3.63) is 65.6 Å². The van der Waals surface area contributed by atoms with Crippen molar-refractivity contribution in [2.45, 2.75) is 6.92 Å². The van der Waals surface area contributed by atoms with Crippen LogP contribution < -0.4 is 0 Å². The summed E-state index contributed by atoms with van der Waals surface area (Å²) in [5.74, 6) is -1.28. The van der Waals surface area contributed by atoms with Gasteiger partial charge in [-0.2, -0.15) is 0 Å². The Labute approximate surface area is 125 Å². The van der Waals surface area contributed by atoms with Crippen LogP contribution in [0.15, 0.2) is 48.7 Å². The van der Waals surface area contributed by atoms with E-state index in [4.69, 9.17) is 5.11 Å².